The molecule has 0 aliphatic heterocycles. The summed E-state index contributed by atoms with van der Waals surface area (Å²) in [6.07, 6.45) is 1.52. The molecule has 0 aromatic heterocycles. The van der Waals surface area contributed by atoms with Gasteiger partial charge in [0.05, 0.1) is 33.0 Å². The van der Waals surface area contributed by atoms with Crippen LogP contribution in [0.25, 0.3) is 0 Å². The van der Waals surface area contributed by atoms with Gasteiger partial charge in [-0.3, -0.25) is 4.79 Å². The zero-order chi connectivity index (χ0) is 14.3. The van der Waals surface area contributed by atoms with Gasteiger partial charge < -0.3 is 19.5 Å². The summed E-state index contributed by atoms with van der Waals surface area (Å²) >= 11 is 0. The lowest BCUT2D eigenvalue weighted by atomic mass is 9.93. The first kappa shape index (κ1) is 17.1. The fourth-order valence-corrected chi connectivity index (χ4v) is 1.87. The third-order valence-electron chi connectivity index (χ3n) is 2.75. The molecule has 2 atom stereocenters. The van der Waals surface area contributed by atoms with Gasteiger partial charge in [0.2, 0.25) is 0 Å². The monoisotopic (exact) mass is 259 g/mol. The van der Waals surface area contributed by atoms with Crippen LogP contribution in [0.15, 0.2) is 0 Å². The van der Waals surface area contributed by atoms with Gasteiger partial charge in [-0.2, -0.15) is 0 Å². The third kappa shape index (κ3) is 6.71. The van der Waals surface area contributed by atoms with Crippen molar-refractivity contribution in [3.05, 3.63) is 0 Å². The highest BCUT2D eigenvalue weighted by Crippen LogP contribution is 2.13. The molecule has 2 unspecified atom stereocenters. The van der Waals surface area contributed by atoms with Crippen molar-refractivity contribution in [3.63, 3.8) is 0 Å². The maximum atomic E-state index is 11.8. The smallest absolute Gasteiger partial charge is 0.144 e. The van der Waals surface area contributed by atoms with Crippen LogP contribution in [-0.4, -0.2) is 55.1 Å². The molecule has 0 aliphatic carbocycles. The SMILES string of the molecule is CCCCCC(=O)C(C(=O)[O-])C(O)C[N+](C)(C)C. The molecule has 0 spiro atoms. The highest BCUT2D eigenvalue weighted by molar-refractivity contribution is 5.98. The number of hydrogen-bond donors (Lipinski definition) is 1. The van der Waals surface area contributed by atoms with Gasteiger partial charge in [0.25, 0.3) is 0 Å². The highest BCUT2D eigenvalue weighted by atomic mass is 16.4. The average molecular weight is 259 g/mol. The quantitative estimate of drug-likeness (QED) is 0.346. The summed E-state index contributed by atoms with van der Waals surface area (Å²) < 4.78 is 0.396. The summed E-state index contributed by atoms with van der Waals surface area (Å²) in [5.74, 6) is -3.30. The number of unbranched alkanes of at least 4 members (excludes halogenated alkanes) is 2. The Labute approximate surface area is 109 Å². The van der Waals surface area contributed by atoms with Crippen molar-refractivity contribution >= 4 is 11.8 Å². The van der Waals surface area contributed by atoms with Gasteiger partial charge in [0, 0.05) is 6.42 Å². The fraction of sp³-hybridized carbons (Fsp3) is 0.846. The van der Waals surface area contributed by atoms with Crippen LogP contribution in [0, 0.1) is 5.92 Å². The first-order valence-electron chi connectivity index (χ1n) is 6.41. The largest absolute Gasteiger partial charge is 0.549 e. The van der Waals surface area contributed by atoms with E-state index in [-0.39, 0.29) is 13.0 Å². The number of aliphatic hydroxyl groups excluding tert-OH is 1. The molecule has 5 heteroatoms. The van der Waals surface area contributed by atoms with Gasteiger partial charge in [0.1, 0.15) is 18.4 Å². The minimum absolute atomic E-state index is 0.195. The Morgan fingerprint density at radius 2 is 1.78 bits per heavy atom. The number of ketones is 1. The van der Waals surface area contributed by atoms with Crippen LogP contribution >= 0.6 is 0 Å². The van der Waals surface area contributed by atoms with Crippen molar-refractivity contribution in [1.29, 1.82) is 0 Å². The summed E-state index contributed by atoms with van der Waals surface area (Å²) in [4.78, 5) is 22.8. The molecule has 1 N–H and O–H groups in total. The second-order valence-electron chi connectivity index (χ2n) is 5.76. The van der Waals surface area contributed by atoms with Crippen molar-refractivity contribution in [3.8, 4) is 0 Å². The Hall–Kier alpha value is -0.940. The third-order valence-corrected chi connectivity index (χ3v) is 2.75. The number of likely N-dealkylation sites (N-methyl/N-ethyl adjacent to an activating group) is 1. The van der Waals surface area contributed by atoms with Crippen molar-refractivity contribution in [1.82, 2.24) is 0 Å². The number of carboxylic acids is 1. The number of aliphatic hydroxyl groups is 1. The van der Waals surface area contributed by atoms with Crippen LogP contribution in [0.2, 0.25) is 0 Å². The molecule has 0 aliphatic rings. The number of carbonyl (C=O) groups excluding carboxylic acids is 2. The molecule has 18 heavy (non-hydrogen) atoms. The lowest BCUT2D eigenvalue weighted by Gasteiger charge is -2.30. The van der Waals surface area contributed by atoms with E-state index in [0.717, 1.165) is 12.8 Å². The number of hydrogen-bond acceptors (Lipinski definition) is 4. The molecule has 0 saturated carbocycles. The summed E-state index contributed by atoms with van der Waals surface area (Å²) in [5, 5.41) is 20.9. The number of aliphatic carboxylic acids is 1. The van der Waals surface area contributed by atoms with E-state index >= 15 is 0 Å². The Morgan fingerprint density at radius 1 is 1.22 bits per heavy atom. The summed E-state index contributed by atoms with van der Waals surface area (Å²) in [6, 6.07) is 0. The summed E-state index contributed by atoms with van der Waals surface area (Å²) in [5.41, 5.74) is 0. The lowest BCUT2D eigenvalue weighted by molar-refractivity contribution is -0.873. The van der Waals surface area contributed by atoms with Crippen molar-refractivity contribution in [2.24, 2.45) is 5.92 Å². The Morgan fingerprint density at radius 3 is 2.17 bits per heavy atom. The maximum Gasteiger partial charge on any atom is 0.144 e. The summed E-state index contributed by atoms with van der Waals surface area (Å²) in [7, 11) is 5.49. The predicted octanol–water partition coefficient (Wildman–Crippen LogP) is -0.431. The second kappa shape index (κ2) is 7.48. The molecule has 0 rings (SSSR count). The number of rotatable bonds is 9. The van der Waals surface area contributed by atoms with Crippen LogP contribution in [0.3, 0.4) is 0 Å². The van der Waals surface area contributed by atoms with E-state index in [0.29, 0.717) is 10.9 Å². The zero-order valence-corrected chi connectivity index (χ0v) is 11.8. The second-order valence-corrected chi connectivity index (χ2v) is 5.76. The van der Waals surface area contributed by atoms with E-state index in [1.165, 1.54) is 0 Å². The number of quaternary nitrogens is 1. The zero-order valence-electron chi connectivity index (χ0n) is 11.8. The predicted molar refractivity (Wildman–Crippen MR) is 66.6 cm³/mol. The van der Waals surface area contributed by atoms with Gasteiger partial charge >= 0.3 is 0 Å². The van der Waals surface area contributed by atoms with Crippen LogP contribution in [0.4, 0.5) is 0 Å². The van der Waals surface area contributed by atoms with E-state index < -0.39 is 23.8 Å². The standard InChI is InChI=1S/C13H25NO4/c1-5-6-7-8-10(15)12(13(17)18)11(16)9-14(2,3)4/h11-12,16H,5-9H2,1-4H3. The van der Waals surface area contributed by atoms with E-state index in [9.17, 15) is 19.8 Å². The first-order chi connectivity index (χ1) is 8.19. The molecule has 0 aromatic rings. The topological polar surface area (TPSA) is 77.4 Å². The van der Waals surface area contributed by atoms with E-state index in [2.05, 4.69) is 0 Å². The normalized spacial score (nSPS) is 15.2. The Bertz CT molecular complexity index is 283. The van der Waals surface area contributed by atoms with Gasteiger partial charge in [-0.1, -0.05) is 19.8 Å². The molecule has 0 fully saturated rings. The van der Waals surface area contributed by atoms with Crippen LogP contribution < -0.4 is 5.11 Å². The van der Waals surface area contributed by atoms with E-state index in [1.807, 2.05) is 28.1 Å². The molecular weight excluding hydrogens is 234 g/mol. The van der Waals surface area contributed by atoms with Gasteiger partial charge in [-0.05, 0) is 6.42 Å². The highest BCUT2D eigenvalue weighted by Gasteiger charge is 2.31. The average Bonchev–Trinajstić information content (AvgIpc) is 2.14. The maximum absolute atomic E-state index is 11.8. The number of nitrogens with zero attached hydrogens (tertiary/aromatic N) is 1. The minimum Gasteiger partial charge on any atom is -0.549 e. The van der Waals surface area contributed by atoms with E-state index in [4.69, 9.17) is 0 Å². The fourth-order valence-electron chi connectivity index (χ4n) is 1.87. The van der Waals surface area contributed by atoms with Gasteiger partial charge in [0.15, 0.2) is 0 Å². The molecule has 106 valence electrons. The number of Topliss-reactive ketones (excluding diaryl/α,β-unsaturated/α-hetero) is 1. The number of carbonyl (C=O) groups is 2. The van der Waals surface area contributed by atoms with Crippen molar-refractivity contribution in [2.75, 3.05) is 27.7 Å². The molecule has 0 radical (unpaired) electrons. The first-order valence-corrected chi connectivity index (χ1v) is 6.41. The molecule has 0 bridgehead atoms. The van der Waals surface area contributed by atoms with Crippen LogP contribution in [0.5, 0.6) is 0 Å². The molecule has 0 saturated heterocycles. The lowest BCUT2D eigenvalue weighted by Crippen LogP contribution is -2.51. The molecule has 0 aromatic carbocycles. The van der Waals surface area contributed by atoms with Crippen molar-refractivity contribution in [2.45, 2.75) is 38.7 Å². The minimum atomic E-state index is -1.47. The molecule has 5 nitrogen and oxygen atoms in total. The van der Waals surface area contributed by atoms with Crippen molar-refractivity contribution < 1.29 is 24.3 Å². The Kier molecular flexibility index (Phi) is 7.09. The van der Waals surface area contributed by atoms with Gasteiger partial charge in [-0.15, -0.1) is 0 Å². The molecule has 0 amide bonds. The summed E-state index contributed by atoms with van der Waals surface area (Å²) in [6.45, 7) is 2.21. The van der Waals surface area contributed by atoms with Crippen LogP contribution in [-0.2, 0) is 9.59 Å². The molecule has 0 heterocycles. The number of carboxylic acid groups (broad SMARTS) is 1. The Balaban J connectivity index is 4.55. The van der Waals surface area contributed by atoms with Crippen LogP contribution in [0.1, 0.15) is 32.6 Å². The van der Waals surface area contributed by atoms with E-state index in [1.54, 1.807) is 0 Å². The van der Waals surface area contributed by atoms with Gasteiger partial charge in [-0.25, -0.2) is 0 Å². The molecular formula is C13H25NO4.